The second-order valence-corrected chi connectivity index (χ2v) is 9.02. The predicted molar refractivity (Wildman–Crippen MR) is 115 cm³/mol. The van der Waals surface area contributed by atoms with E-state index in [-0.39, 0.29) is 5.91 Å². The zero-order valence-electron chi connectivity index (χ0n) is 16.1. The first kappa shape index (κ1) is 21.2. The van der Waals surface area contributed by atoms with Crippen molar-refractivity contribution < 1.29 is 9.35 Å². The van der Waals surface area contributed by atoms with Crippen molar-refractivity contribution in [3.8, 4) is 0 Å². The molecular formula is C22H27ClN2O2S. The highest BCUT2D eigenvalue weighted by Gasteiger charge is 2.31. The van der Waals surface area contributed by atoms with Crippen LogP contribution in [0.25, 0.3) is 0 Å². The predicted octanol–water partition coefficient (Wildman–Crippen LogP) is 4.21. The van der Waals surface area contributed by atoms with Gasteiger partial charge in [0.2, 0.25) is 5.91 Å². The Morgan fingerprint density at radius 2 is 1.82 bits per heavy atom. The fourth-order valence-electron chi connectivity index (χ4n) is 3.43. The van der Waals surface area contributed by atoms with Crippen LogP contribution in [0.3, 0.4) is 0 Å². The minimum atomic E-state index is -1.54. The number of aryl methyl sites for hydroxylation is 1. The Kier molecular flexibility index (Phi) is 7.80. The summed E-state index contributed by atoms with van der Waals surface area (Å²) >= 11 is 4.65. The van der Waals surface area contributed by atoms with Crippen molar-refractivity contribution >= 4 is 28.9 Å². The van der Waals surface area contributed by atoms with Crippen molar-refractivity contribution in [2.45, 2.75) is 43.5 Å². The summed E-state index contributed by atoms with van der Waals surface area (Å²) in [6.45, 7) is 3.75. The van der Waals surface area contributed by atoms with Crippen molar-refractivity contribution in [1.29, 1.82) is 0 Å². The maximum atomic E-state index is 13.2. The smallest absolute Gasteiger partial charge is 0.244 e. The van der Waals surface area contributed by atoms with Gasteiger partial charge in [-0.1, -0.05) is 61.0 Å². The van der Waals surface area contributed by atoms with Crippen LogP contribution in [-0.2, 0) is 22.6 Å². The molecule has 0 saturated carbocycles. The van der Waals surface area contributed by atoms with Crippen molar-refractivity contribution in [2.75, 3.05) is 13.1 Å². The van der Waals surface area contributed by atoms with E-state index in [1.54, 1.807) is 24.3 Å². The monoisotopic (exact) mass is 418 g/mol. The van der Waals surface area contributed by atoms with Gasteiger partial charge in [-0.3, -0.25) is 4.79 Å². The number of nitrogens with one attached hydrogen (secondary N) is 1. The van der Waals surface area contributed by atoms with Crippen LogP contribution in [0.5, 0.6) is 0 Å². The van der Waals surface area contributed by atoms with Crippen LogP contribution in [0, 0.1) is 5.92 Å². The molecule has 3 rings (SSSR count). The quantitative estimate of drug-likeness (QED) is 0.685. The summed E-state index contributed by atoms with van der Waals surface area (Å²) in [5, 5.41) is 0.439. The number of rotatable bonds is 7. The third-order valence-corrected chi connectivity index (χ3v) is 6.94. The Bertz CT molecular complexity index is 766. The minimum absolute atomic E-state index is 0.0308. The summed E-state index contributed by atoms with van der Waals surface area (Å²) in [6.07, 6.45) is 3.37. The fourth-order valence-corrected chi connectivity index (χ4v) is 4.82. The normalized spacial score (nSPS) is 17.3. The first-order chi connectivity index (χ1) is 13.5. The molecule has 2 unspecified atom stereocenters. The number of carbonyl (C=O) groups is 1. The highest BCUT2D eigenvalue weighted by Crippen LogP contribution is 2.22. The van der Waals surface area contributed by atoms with Crippen LogP contribution in [0.4, 0.5) is 0 Å². The van der Waals surface area contributed by atoms with Crippen molar-refractivity contribution in [1.82, 2.24) is 9.62 Å². The van der Waals surface area contributed by atoms with E-state index in [1.165, 1.54) is 0 Å². The molecule has 0 aliphatic carbocycles. The van der Waals surface area contributed by atoms with Gasteiger partial charge in [0.05, 0.1) is 16.4 Å². The van der Waals surface area contributed by atoms with Gasteiger partial charge in [-0.05, 0) is 49.3 Å². The Labute approximate surface area is 175 Å². The number of nitrogens with zero attached hydrogens (tertiary/aromatic N) is 1. The lowest BCUT2D eigenvalue weighted by atomic mass is 9.98. The molecule has 0 aromatic heterocycles. The molecule has 0 spiro atoms. The van der Waals surface area contributed by atoms with Crippen LogP contribution in [0.1, 0.15) is 31.7 Å². The highest BCUT2D eigenvalue weighted by molar-refractivity contribution is 7.89. The van der Waals surface area contributed by atoms with Crippen LogP contribution in [0.2, 0.25) is 5.02 Å². The van der Waals surface area contributed by atoms with Gasteiger partial charge >= 0.3 is 0 Å². The Hall–Kier alpha value is -1.53. The number of carbonyl (C=O) groups excluding carboxylic acids is 1. The average Bonchev–Trinajstić information content (AvgIpc) is 2.72. The zero-order valence-corrected chi connectivity index (χ0v) is 17.7. The summed E-state index contributed by atoms with van der Waals surface area (Å²) in [7, 11) is 0. The number of benzene rings is 2. The second kappa shape index (κ2) is 10.3. The molecule has 1 fully saturated rings. The largest absolute Gasteiger partial charge is 0.593 e. The summed E-state index contributed by atoms with van der Waals surface area (Å²) in [5.41, 5.74) is 1.16. The summed E-state index contributed by atoms with van der Waals surface area (Å²) < 4.78 is 15.9. The average molecular weight is 419 g/mol. The topological polar surface area (TPSA) is 55.4 Å². The van der Waals surface area contributed by atoms with Crippen molar-refractivity contribution in [3.05, 3.63) is 65.2 Å². The lowest BCUT2D eigenvalue weighted by molar-refractivity contribution is -0.134. The van der Waals surface area contributed by atoms with Gasteiger partial charge in [0.15, 0.2) is 4.90 Å². The molecule has 1 aliphatic rings. The first-order valence-corrected chi connectivity index (χ1v) is 11.3. The van der Waals surface area contributed by atoms with E-state index < -0.39 is 17.4 Å². The third-order valence-electron chi connectivity index (χ3n) is 5.24. The van der Waals surface area contributed by atoms with Crippen LogP contribution in [-0.4, -0.2) is 34.5 Å². The molecule has 0 bridgehead atoms. The molecule has 1 saturated heterocycles. The fraction of sp³-hybridized carbons (Fsp3) is 0.409. The van der Waals surface area contributed by atoms with E-state index in [1.807, 2.05) is 23.1 Å². The minimum Gasteiger partial charge on any atom is -0.593 e. The zero-order chi connectivity index (χ0) is 19.9. The van der Waals surface area contributed by atoms with Crippen LogP contribution >= 0.6 is 11.6 Å². The number of piperidine rings is 1. The number of hydrogen-bond acceptors (Lipinski definition) is 3. The number of halogens is 1. The molecule has 2 atom stereocenters. The number of likely N-dealkylation sites (tertiary alicyclic amines) is 1. The molecule has 6 heteroatoms. The Balaban J connectivity index is 1.71. The maximum absolute atomic E-state index is 13.2. The Morgan fingerprint density at radius 1 is 1.18 bits per heavy atom. The van der Waals surface area contributed by atoms with E-state index in [0.29, 0.717) is 22.3 Å². The second-order valence-electron chi connectivity index (χ2n) is 7.40. The van der Waals surface area contributed by atoms with Crippen molar-refractivity contribution in [2.24, 2.45) is 5.92 Å². The summed E-state index contributed by atoms with van der Waals surface area (Å²) in [5.74, 6) is 0.681. The highest BCUT2D eigenvalue weighted by atomic mass is 35.5. The number of amides is 1. The van der Waals surface area contributed by atoms with Gasteiger partial charge in [0.25, 0.3) is 0 Å². The van der Waals surface area contributed by atoms with E-state index in [2.05, 4.69) is 23.8 Å². The lowest BCUT2D eigenvalue weighted by Crippen LogP contribution is -2.50. The van der Waals surface area contributed by atoms with Gasteiger partial charge in [-0.2, -0.15) is 0 Å². The van der Waals surface area contributed by atoms with Gasteiger partial charge < -0.3 is 9.45 Å². The summed E-state index contributed by atoms with van der Waals surface area (Å²) in [4.78, 5) is 15.6. The van der Waals surface area contributed by atoms with Crippen LogP contribution < -0.4 is 4.72 Å². The molecule has 1 heterocycles. The standard InChI is InChI=1S/C22H27ClN2O2S/c1-17-13-15-25(16-14-17)22(26)20(12-11-18-7-3-2-4-8-18)24-28(27)21-10-6-5-9-19(21)23/h2-10,17,20,24H,11-16H2,1H3. The molecule has 1 N–H and O–H groups in total. The molecule has 1 aliphatic heterocycles. The van der Waals surface area contributed by atoms with E-state index >= 15 is 0 Å². The molecular weight excluding hydrogens is 392 g/mol. The maximum Gasteiger partial charge on any atom is 0.244 e. The third kappa shape index (κ3) is 5.74. The molecule has 2 aromatic carbocycles. The number of hydrogen-bond donors (Lipinski definition) is 1. The molecule has 4 nitrogen and oxygen atoms in total. The SMILES string of the molecule is CC1CCN(C(=O)C(CCc2ccccc2)N[S+]([O-])c2ccccc2Cl)CC1. The van der Waals surface area contributed by atoms with Crippen LogP contribution in [0.15, 0.2) is 59.5 Å². The Morgan fingerprint density at radius 3 is 2.50 bits per heavy atom. The molecule has 2 aromatic rings. The van der Waals surface area contributed by atoms with Gasteiger partial charge in [0, 0.05) is 13.1 Å². The van der Waals surface area contributed by atoms with Gasteiger partial charge in [-0.15, -0.1) is 4.72 Å². The molecule has 1 amide bonds. The first-order valence-electron chi connectivity index (χ1n) is 9.80. The van der Waals surface area contributed by atoms with Gasteiger partial charge in [-0.25, -0.2) is 0 Å². The molecule has 0 radical (unpaired) electrons. The van der Waals surface area contributed by atoms with Crippen molar-refractivity contribution in [3.63, 3.8) is 0 Å². The van der Waals surface area contributed by atoms with E-state index in [0.717, 1.165) is 37.9 Å². The van der Waals surface area contributed by atoms with Gasteiger partial charge in [0.1, 0.15) is 6.04 Å². The van der Waals surface area contributed by atoms with E-state index in [4.69, 9.17) is 11.6 Å². The van der Waals surface area contributed by atoms with E-state index in [9.17, 15) is 9.35 Å². The lowest BCUT2D eigenvalue weighted by Gasteiger charge is -2.33. The summed E-state index contributed by atoms with van der Waals surface area (Å²) in [6, 6.07) is 16.6. The molecule has 28 heavy (non-hydrogen) atoms. The molecule has 150 valence electrons.